The van der Waals surface area contributed by atoms with Crippen LogP contribution >= 0.6 is 0 Å². The predicted octanol–water partition coefficient (Wildman–Crippen LogP) is 0.549. The first-order valence-electron chi connectivity index (χ1n) is 7.19. The zero-order chi connectivity index (χ0) is 14.2. The molecule has 0 aromatic heterocycles. The fraction of sp³-hybridized carbons (Fsp3) is 0.533. The minimum Gasteiger partial charge on any atom is -0.395 e. The number of amides is 2. The molecule has 0 atom stereocenters. The molecule has 0 unspecified atom stereocenters. The van der Waals surface area contributed by atoms with Gasteiger partial charge in [0.25, 0.3) is 0 Å². The fourth-order valence-electron chi connectivity index (χ4n) is 2.39. The Kier molecular flexibility index (Phi) is 5.83. The van der Waals surface area contributed by atoms with E-state index < -0.39 is 0 Å². The first-order chi connectivity index (χ1) is 9.79. The summed E-state index contributed by atoms with van der Waals surface area (Å²) in [7, 11) is 0. The Morgan fingerprint density at radius 2 is 1.85 bits per heavy atom. The molecule has 5 nitrogen and oxygen atoms in total. The van der Waals surface area contributed by atoms with Gasteiger partial charge in [0, 0.05) is 39.3 Å². The average Bonchev–Trinajstić information content (AvgIpc) is 2.49. The standard InChI is InChI=1S/C15H23N3O2/c19-13-12-17-8-10-18(11-9-17)15(20)16-7-6-14-4-2-1-3-5-14/h1-5,19H,6-13H2,(H,16,20). The van der Waals surface area contributed by atoms with Crippen LogP contribution in [0.3, 0.4) is 0 Å². The summed E-state index contributed by atoms with van der Waals surface area (Å²) in [4.78, 5) is 16.0. The van der Waals surface area contributed by atoms with Crippen LogP contribution in [0.1, 0.15) is 5.56 Å². The second kappa shape index (κ2) is 7.87. The lowest BCUT2D eigenvalue weighted by molar-refractivity contribution is 0.122. The van der Waals surface area contributed by atoms with E-state index in [4.69, 9.17) is 5.11 Å². The minimum atomic E-state index is 0.0181. The molecule has 0 spiro atoms. The highest BCUT2D eigenvalue weighted by molar-refractivity contribution is 5.74. The molecule has 0 aliphatic carbocycles. The van der Waals surface area contributed by atoms with Crippen molar-refractivity contribution >= 4 is 6.03 Å². The second-order valence-electron chi connectivity index (χ2n) is 5.02. The smallest absolute Gasteiger partial charge is 0.317 e. The number of hydrogen-bond donors (Lipinski definition) is 2. The maximum absolute atomic E-state index is 12.0. The molecular formula is C15H23N3O2. The lowest BCUT2D eigenvalue weighted by Gasteiger charge is -2.34. The summed E-state index contributed by atoms with van der Waals surface area (Å²) in [5, 5.41) is 11.9. The number of carbonyl (C=O) groups excluding carboxylic acids is 1. The molecule has 20 heavy (non-hydrogen) atoms. The van der Waals surface area contributed by atoms with E-state index in [1.807, 2.05) is 23.1 Å². The van der Waals surface area contributed by atoms with Gasteiger partial charge in [-0.25, -0.2) is 4.79 Å². The summed E-state index contributed by atoms with van der Waals surface area (Å²) in [6.07, 6.45) is 0.858. The Labute approximate surface area is 120 Å². The lowest BCUT2D eigenvalue weighted by atomic mass is 10.1. The van der Waals surface area contributed by atoms with Crippen LogP contribution in [0.25, 0.3) is 0 Å². The summed E-state index contributed by atoms with van der Waals surface area (Å²) in [6, 6.07) is 10.2. The van der Waals surface area contributed by atoms with Gasteiger partial charge in [0.2, 0.25) is 0 Å². The molecule has 1 fully saturated rings. The number of piperazine rings is 1. The van der Waals surface area contributed by atoms with Crippen molar-refractivity contribution in [2.24, 2.45) is 0 Å². The molecule has 5 heteroatoms. The van der Waals surface area contributed by atoms with Crippen LogP contribution in [0.15, 0.2) is 30.3 Å². The normalized spacial score (nSPS) is 16.1. The SMILES string of the molecule is O=C(NCCc1ccccc1)N1CCN(CCO)CC1. The Bertz CT molecular complexity index is 403. The number of β-amino-alcohol motifs (C(OH)–C–C–N with tert-alkyl or cyclic N) is 1. The van der Waals surface area contributed by atoms with Crippen molar-refractivity contribution in [2.45, 2.75) is 6.42 Å². The molecule has 0 bridgehead atoms. The van der Waals surface area contributed by atoms with E-state index in [9.17, 15) is 4.79 Å². The van der Waals surface area contributed by atoms with Crippen molar-refractivity contribution in [3.63, 3.8) is 0 Å². The summed E-state index contributed by atoms with van der Waals surface area (Å²) in [5.41, 5.74) is 1.24. The van der Waals surface area contributed by atoms with E-state index >= 15 is 0 Å². The third-order valence-electron chi connectivity index (χ3n) is 3.61. The Morgan fingerprint density at radius 3 is 2.50 bits per heavy atom. The van der Waals surface area contributed by atoms with E-state index in [0.29, 0.717) is 13.1 Å². The van der Waals surface area contributed by atoms with Crippen molar-refractivity contribution in [1.82, 2.24) is 15.1 Å². The summed E-state index contributed by atoms with van der Waals surface area (Å²) >= 11 is 0. The van der Waals surface area contributed by atoms with Gasteiger partial charge in [0.15, 0.2) is 0 Å². The van der Waals surface area contributed by atoms with Crippen molar-refractivity contribution in [3.8, 4) is 0 Å². The first kappa shape index (κ1) is 14.8. The monoisotopic (exact) mass is 277 g/mol. The highest BCUT2D eigenvalue weighted by Gasteiger charge is 2.19. The van der Waals surface area contributed by atoms with Crippen LogP contribution in [0, 0.1) is 0 Å². The van der Waals surface area contributed by atoms with Crippen LogP contribution in [0.4, 0.5) is 4.79 Å². The highest BCUT2D eigenvalue weighted by Crippen LogP contribution is 2.02. The zero-order valence-corrected chi connectivity index (χ0v) is 11.8. The molecule has 2 rings (SSSR count). The Hall–Kier alpha value is -1.59. The third-order valence-corrected chi connectivity index (χ3v) is 3.61. The molecule has 1 saturated heterocycles. The van der Waals surface area contributed by atoms with Crippen molar-refractivity contribution in [2.75, 3.05) is 45.9 Å². The molecule has 1 aliphatic rings. The molecule has 1 aromatic rings. The number of aliphatic hydroxyl groups is 1. The first-order valence-corrected chi connectivity index (χ1v) is 7.19. The largest absolute Gasteiger partial charge is 0.395 e. The molecular weight excluding hydrogens is 254 g/mol. The second-order valence-corrected chi connectivity index (χ2v) is 5.02. The maximum atomic E-state index is 12.0. The Morgan fingerprint density at radius 1 is 1.15 bits per heavy atom. The number of urea groups is 1. The third kappa shape index (κ3) is 4.51. The summed E-state index contributed by atoms with van der Waals surface area (Å²) < 4.78 is 0. The van der Waals surface area contributed by atoms with Gasteiger partial charge >= 0.3 is 6.03 Å². The molecule has 1 aromatic carbocycles. The van der Waals surface area contributed by atoms with Gasteiger partial charge in [0.1, 0.15) is 0 Å². The van der Waals surface area contributed by atoms with E-state index in [0.717, 1.165) is 32.6 Å². The van der Waals surface area contributed by atoms with Crippen LogP contribution in [0.2, 0.25) is 0 Å². The zero-order valence-electron chi connectivity index (χ0n) is 11.8. The highest BCUT2D eigenvalue weighted by atomic mass is 16.3. The molecule has 110 valence electrons. The number of nitrogens with zero attached hydrogens (tertiary/aromatic N) is 2. The van der Waals surface area contributed by atoms with Gasteiger partial charge < -0.3 is 15.3 Å². The van der Waals surface area contributed by atoms with Crippen molar-refractivity contribution in [3.05, 3.63) is 35.9 Å². The van der Waals surface area contributed by atoms with Gasteiger partial charge in [-0.15, -0.1) is 0 Å². The molecule has 1 heterocycles. The van der Waals surface area contributed by atoms with Crippen molar-refractivity contribution in [1.29, 1.82) is 0 Å². The van der Waals surface area contributed by atoms with Crippen LogP contribution in [-0.4, -0.2) is 66.8 Å². The van der Waals surface area contributed by atoms with Gasteiger partial charge in [-0.05, 0) is 12.0 Å². The fourth-order valence-corrected chi connectivity index (χ4v) is 2.39. The van der Waals surface area contributed by atoms with Crippen LogP contribution < -0.4 is 5.32 Å². The summed E-state index contributed by atoms with van der Waals surface area (Å²) in [5.74, 6) is 0. The number of benzene rings is 1. The van der Waals surface area contributed by atoms with Gasteiger partial charge in [0.05, 0.1) is 6.61 Å². The van der Waals surface area contributed by atoms with Crippen LogP contribution in [0.5, 0.6) is 0 Å². The number of rotatable bonds is 5. The molecule has 0 saturated carbocycles. The van der Waals surface area contributed by atoms with E-state index in [2.05, 4.69) is 22.3 Å². The number of aliphatic hydroxyl groups excluding tert-OH is 1. The number of carbonyl (C=O) groups is 1. The maximum Gasteiger partial charge on any atom is 0.317 e. The van der Waals surface area contributed by atoms with E-state index in [1.165, 1.54) is 5.56 Å². The van der Waals surface area contributed by atoms with Gasteiger partial charge in [-0.1, -0.05) is 30.3 Å². The number of hydrogen-bond acceptors (Lipinski definition) is 3. The van der Waals surface area contributed by atoms with Gasteiger partial charge in [-0.2, -0.15) is 0 Å². The molecule has 2 N–H and O–H groups in total. The molecule has 0 radical (unpaired) electrons. The topological polar surface area (TPSA) is 55.8 Å². The van der Waals surface area contributed by atoms with E-state index in [-0.39, 0.29) is 12.6 Å². The van der Waals surface area contributed by atoms with Crippen LogP contribution in [-0.2, 0) is 6.42 Å². The Balaban J connectivity index is 1.66. The number of nitrogens with one attached hydrogen (secondary N) is 1. The molecule has 2 amide bonds. The lowest BCUT2D eigenvalue weighted by Crippen LogP contribution is -2.52. The van der Waals surface area contributed by atoms with Gasteiger partial charge in [-0.3, -0.25) is 4.90 Å². The summed E-state index contributed by atoms with van der Waals surface area (Å²) in [6.45, 7) is 4.69. The minimum absolute atomic E-state index is 0.0181. The predicted molar refractivity (Wildman–Crippen MR) is 78.6 cm³/mol. The average molecular weight is 277 g/mol. The molecule has 1 aliphatic heterocycles. The quantitative estimate of drug-likeness (QED) is 0.826. The van der Waals surface area contributed by atoms with E-state index in [1.54, 1.807) is 0 Å². The van der Waals surface area contributed by atoms with Crippen molar-refractivity contribution < 1.29 is 9.90 Å².